The molecule has 4 rings (SSSR count). The molecule has 1 saturated heterocycles. The maximum atomic E-state index is 12.7. The van der Waals surface area contributed by atoms with Gasteiger partial charge in [0.05, 0.1) is 6.10 Å². The molecular formula is C21H20O11. The molecule has 5 unspecified atom stereocenters. The Kier molecular flexibility index (Phi) is 5.34. The van der Waals surface area contributed by atoms with Crippen molar-refractivity contribution in [1.29, 1.82) is 0 Å². The van der Waals surface area contributed by atoms with Gasteiger partial charge >= 0.3 is 0 Å². The zero-order chi connectivity index (χ0) is 23.3. The van der Waals surface area contributed by atoms with Crippen LogP contribution in [0.25, 0.3) is 22.3 Å². The summed E-state index contributed by atoms with van der Waals surface area (Å²) in [5, 5.41) is 69.5. The molecule has 32 heavy (non-hydrogen) atoms. The van der Waals surface area contributed by atoms with Crippen molar-refractivity contribution in [3.8, 4) is 40.1 Å². The molecule has 0 amide bonds. The van der Waals surface area contributed by atoms with E-state index in [4.69, 9.17) is 13.9 Å². The standard InChI is InChI=1S/C21H20O11/c1-7-16(27)17(28)18(29)21(30-7)32-19-13(26)5-11(24)15-12(25)6-14(31-20(15)19)8-2-3-9(22)10(23)4-8/h2-7,16-18,21-24,26-29H,1H3. The van der Waals surface area contributed by atoms with Crippen molar-refractivity contribution in [1.82, 2.24) is 0 Å². The van der Waals surface area contributed by atoms with E-state index >= 15 is 0 Å². The van der Waals surface area contributed by atoms with Crippen LogP contribution in [0, 0.1) is 0 Å². The fraction of sp³-hybridized carbons (Fsp3) is 0.286. The first kappa shape index (κ1) is 21.7. The van der Waals surface area contributed by atoms with Crippen LogP contribution in [0.2, 0.25) is 0 Å². The predicted octanol–water partition coefficient (Wildman–Crippen LogP) is 0.489. The molecule has 2 aromatic carbocycles. The van der Waals surface area contributed by atoms with Gasteiger partial charge in [0.1, 0.15) is 35.2 Å². The average molecular weight is 448 g/mol. The number of rotatable bonds is 3. The molecule has 0 aliphatic carbocycles. The number of benzene rings is 2. The van der Waals surface area contributed by atoms with Gasteiger partial charge in [-0.05, 0) is 25.1 Å². The van der Waals surface area contributed by atoms with Crippen LogP contribution in [0.1, 0.15) is 6.92 Å². The second kappa shape index (κ2) is 7.88. The Bertz CT molecular complexity index is 1230. The second-order valence-electron chi connectivity index (χ2n) is 7.43. The summed E-state index contributed by atoms with van der Waals surface area (Å²) in [6.45, 7) is 1.43. The van der Waals surface area contributed by atoms with E-state index in [1.54, 1.807) is 0 Å². The predicted molar refractivity (Wildman–Crippen MR) is 108 cm³/mol. The minimum Gasteiger partial charge on any atom is -0.507 e. The molecule has 1 aliphatic heterocycles. The maximum absolute atomic E-state index is 12.7. The fourth-order valence-electron chi connectivity index (χ4n) is 3.44. The van der Waals surface area contributed by atoms with Gasteiger partial charge in [0.15, 0.2) is 28.3 Å². The van der Waals surface area contributed by atoms with E-state index in [1.807, 2.05) is 0 Å². The van der Waals surface area contributed by atoms with Crippen molar-refractivity contribution >= 4 is 11.0 Å². The van der Waals surface area contributed by atoms with Gasteiger partial charge in [-0.2, -0.15) is 0 Å². The highest BCUT2D eigenvalue weighted by atomic mass is 16.7. The van der Waals surface area contributed by atoms with E-state index in [0.717, 1.165) is 18.2 Å². The van der Waals surface area contributed by atoms with E-state index in [1.165, 1.54) is 19.1 Å². The molecule has 1 fully saturated rings. The van der Waals surface area contributed by atoms with Crippen molar-refractivity contribution in [3.05, 3.63) is 40.6 Å². The van der Waals surface area contributed by atoms with Gasteiger partial charge in [-0.25, -0.2) is 0 Å². The van der Waals surface area contributed by atoms with Crippen LogP contribution >= 0.6 is 0 Å². The molecule has 3 aromatic rings. The molecule has 170 valence electrons. The zero-order valence-corrected chi connectivity index (χ0v) is 16.5. The lowest BCUT2D eigenvalue weighted by atomic mass is 10.00. The van der Waals surface area contributed by atoms with Crippen LogP contribution in [0.5, 0.6) is 28.7 Å². The summed E-state index contributed by atoms with van der Waals surface area (Å²) in [4.78, 5) is 12.7. The van der Waals surface area contributed by atoms with Gasteiger partial charge in [0, 0.05) is 17.7 Å². The van der Waals surface area contributed by atoms with Crippen LogP contribution in [-0.2, 0) is 4.74 Å². The topological polar surface area (TPSA) is 190 Å². The number of fused-ring (bicyclic) bond motifs is 1. The first-order valence-corrected chi connectivity index (χ1v) is 9.50. The Balaban J connectivity index is 1.86. The molecule has 11 heteroatoms. The van der Waals surface area contributed by atoms with Gasteiger partial charge < -0.3 is 49.6 Å². The number of hydrogen-bond acceptors (Lipinski definition) is 11. The van der Waals surface area contributed by atoms with E-state index in [2.05, 4.69) is 0 Å². The highest BCUT2D eigenvalue weighted by molar-refractivity contribution is 5.91. The third-order valence-corrected chi connectivity index (χ3v) is 5.22. The number of ether oxygens (including phenoxy) is 2. The summed E-state index contributed by atoms with van der Waals surface area (Å²) in [5.74, 6) is -2.70. The maximum Gasteiger partial charge on any atom is 0.229 e. The Morgan fingerprint density at radius 2 is 1.56 bits per heavy atom. The molecular weight excluding hydrogens is 428 g/mol. The van der Waals surface area contributed by atoms with Gasteiger partial charge in [-0.15, -0.1) is 0 Å². The van der Waals surface area contributed by atoms with Crippen molar-refractivity contribution in [3.63, 3.8) is 0 Å². The minimum absolute atomic E-state index is 0.0958. The van der Waals surface area contributed by atoms with Crippen LogP contribution in [0.3, 0.4) is 0 Å². The number of hydrogen-bond donors (Lipinski definition) is 7. The van der Waals surface area contributed by atoms with E-state index in [-0.39, 0.29) is 16.7 Å². The average Bonchev–Trinajstić information content (AvgIpc) is 2.74. The summed E-state index contributed by atoms with van der Waals surface area (Å²) >= 11 is 0. The first-order valence-electron chi connectivity index (χ1n) is 9.50. The molecule has 5 atom stereocenters. The Labute approximate surface area is 179 Å². The fourth-order valence-corrected chi connectivity index (χ4v) is 3.44. The third-order valence-electron chi connectivity index (χ3n) is 5.22. The van der Waals surface area contributed by atoms with E-state index < -0.39 is 70.5 Å². The van der Waals surface area contributed by atoms with Gasteiger partial charge in [-0.1, -0.05) is 0 Å². The quantitative estimate of drug-likeness (QED) is 0.276. The summed E-state index contributed by atoms with van der Waals surface area (Å²) in [5.41, 5.74) is -0.930. The van der Waals surface area contributed by atoms with Gasteiger partial charge in [0.25, 0.3) is 0 Å². The van der Waals surface area contributed by atoms with Crippen molar-refractivity contribution in [2.24, 2.45) is 0 Å². The Morgan fingerprint density at radius 3 is 2.25 bits per heavy atom. The van der Waals surface area contributed by atoms with Crippen molar-refractivity contribution in [2.75, 3.05) is 0 Å². The molecule has 7 N–H and O–H groups in total. The van der Waals surface area contributed by atoms with E-state index in [9.17, 15) is 40.5 Å². The van der Waals surface area contributed by atoms with E-state index in [0.29, 0.717) is 0 Å². The molecule has 11 nitrogen and oxygen atoms in total. The lowest BCUT2D eigenvalue weighted by molar-refractivity contribution is -0.268. The van der Waals surface area contributed by atoms with Crippen LogP contribution < -0.4 is 10.2 Å². The molecule has 0 spiro atoms. The third kappa shape index (κ3) is 3.56. The smallest absolute Gasteiger partial charge is 0.229 e. The molecule has 2 heterocycles. The van der Waals surface area contributed by atoms with Crippen LogP contribution in [0.4, 0.5) is 0 Å². The molecule has 1 aliphatic rings. The summed E-state index contributed by atoms with van der Waals surface area (Å²) in [7, 11) is 0. The first-order chi connectivity index (χ1) is 15.1. The van der Waals surface area contributed by atoms with Gasteiger partial charge in [0.2, 0.25) is 12.0 Å². The van der Waals surface area contributed by atoms with Crippen molar-refractivity contribution in [2.45, 2.75) is 37.6 Å². The molecule has 0 radical (unpaired) electrons. The molecule has 1 aromatic heterocycles. The van der Waals surface area contributed by atoms with Crippen LogP contribution in [0.15, 0.2) is 39.5 Å². The number of aliphatic hydroxyl groups excluding tert-OH is 3. The minimum atomic E-state index is -1.71. The highest BCUT2D eigenvalue weighted by Crippen LogP contribution is 2.42. The summed E-state index contributed by atoms with van der Waals surface area (Å²) < 4.78 is 16.6. The highest BCUT2D eigenvalue weighted by Gasteiger charge is 2.43. The van der Waals surface area contributed by atoms with Gasteiger partial charge in [-0.3, -0.25) is 4.79 Å². The summed E-state index contributed by atoms with van der Waals surface area (Å²) in [6, 6.07) is 5.53. The zero-order valence-electron chi connectivity index (χ0n) is 16.5. The number of aliphatic hydroxyl groups is 3. The summed E-state index contributed by atoms with van der Waals surface area (Å²) in [6.07, 6.45) is -7.22. The number of aromatic hydroxyl groups is 4. The molecule has 0 saturated carbocycles. The largest absolute Gasteiger partial charge is 0.507 e. The lowest BCUT2D eigenvalue weighted by Gasteiger charge is -2.38. The Hall–Kier alpha value is -3.51. The van der Waals surface area contributed by atoms with Crippen LogP contribution in [-0.4, -0.2) is 66.5 Å². The normalized spacial score (nSPS) is 25.7. The second-order valence-corrected chi connectivity index (χ2v) is 7.43. The lowest BCUT2D eigenvalue weighted by Crippen LogP contribution is -2.58. The molecule has 0 bridgehead atoms. The van der Waals surface area contributed by atoms with Crippen molar-refractivity contribution < 1.29 is 49.6 Å². The monoisotopic (exact) mass is 448 g/mol. The number of phenolic OH excluding ortho intramolecular Hbond substituents is 4. The number of phenols is 4. The Morgan fingerprint density at radius 1 is 0.844 bits per heavy atom. The SMILES string of the molecule is CC1OC(Oc2c(O)cc(O)c3c(=O)cc(-c4ccc(O)c(O)c4)oc23)C(O)C(O)C1O.